The van der Waals surface area contributed by atoms with Gasteiger partial charge in [0.15, 0.2) is 0 Å². The standard InChI is InChI=1S/C20H26N2O3.C2HF3O2/c1-3-25-20(24)19-14(2)16-6-4-5-7-17(16)21-18(19)13-22(10-11-23)12-15-8-9-15;3-2(4,5)1(6)7/h4-7,15,23H,3,8-13H2,1-2H3;(H,6,7). The molecule has 2 aromatic rings. The minimum Gasteiger partial charge on any atom is -0.475 e. The first kappa shape index (κ1) is 25.5. The van der Waals surface area contributed by atoms with Gasteiger partial charge in [0.1, 0.15) is 0 Å². The summed E-state index contributed by atoms with van der Waals surface area (Å²) in [7, 11) is 0. The van der Waals surface area contributed by atoms with Crippen molar-refractivity contribution >= 4 is 22.8 Å². The molecular formula is C22H27F3N2O5. The lowest BCUT2D eigenvalue weighted by Gasteiger charge is -2.23. The number of aryl methyl sites for hydroxylation is 1. The lowest BCUT2D eigenvalue weighted by Crippen LogP contribution is -2.30. The minimum absolute atomic E-state index is 0.105. The molecule has 1 aliphatic carbocycles. The van der Waals surface area contributed by atoms with Gasteiger partial charge in [-0.05, 0) is 44.2 Å². The predicted octanol–water partition coefficient (Wildman–Crippen LogP) is 3.56. The van der Waals surface area contributed by atoms with E-state index in [2.05, 4.69) is 4.90 Å². The van der Waals surface area contributed by atoms with Crippen molar-refractivity contribution in [2.75, 3.05) is 26.3 Å². The third-order valence-corrected chi connectivity index (χ3v) is 4.95. The zero-order valence-corrected chi connectivity index (χ0v) is 18.0. The average molecular weight is 456 g/mol. The second-order valence-electron chi connectivity index (χ2n) is 7.50. The van der Waals surface area contributed by atoms with E-state index in [9.17, 15) is 23.1 Å². The maximum Gasteiger partial charge on any atom is 0.490 e. The predicted molar refractivity (Wildman–Crippen MR) is 111 cm³/mol. The summed E-state index contributed by atoms with van der Waals surface area (Å²) >= 11 is 0. The number of alkyl halides is 3. The first-order valence-corrected chi connectivity index (χ1v) is 10.3. The Morgan fingerprint density at radius 3 is 2.41 bits per heavy atom. The molecule has 10 heteroatoms. The highest BCUT2D eigenvalue weighted by Crippen LogP contribution is 2.31. The molecule has 0 atom stereocenters. The number of aliphatic carboxylic acids is 1. The molecule has 1 aromatic heterocycles. The summed E-state index contributed by atoms with van der Waals surface area (Å²) in [6.07, 6.45) is -2.59. The molecule has 176 valence electrons. The van der Waals surface area contributed by atoms with Crippen LogP contribution >= 0.6 is 0 Å². The molecule has 2 N–H and O–H groups in total. The summed E-state index contributed by atoms with van der Waals surface area (Å²) in [5.41, 5.74) is 3.11. The van der Waals surface area contributed by atoms with E-state index in [1.165, 1.54) is 12.8 Å². The molecule has 0 unspecified atom stereocenters. The molecule has 0 aliphatic heterocycles. The van der Waals surface area contributed by atoms with E-state index in [0.29, 0.717) is 31.2 Å². The Labute approximate surface area is 183 Å². The van der Waals surface area contributed by atoms with Gasteiger partial charge in [0.2, 0.25) is 0 Å². The second kappa shape index (κ2) is 11.2. The Balaban J connectivity index is 0.000000451. The van der Waals surface area contributed by atoms with Crippen LogP contribution in [-0.4, -0.2) is 64.5 Å². The van der Waals surface area contributed by atoms with Crippen LogP contribution < -0.4 is 0 Å². The van der Waals surface area contributed by atoms with Crippen molar-refractivity contribution in [1.82, 2.24) is 9.88 Å². The van der Waals surface area contributed by atoms with Crippen LogP contribution in [0.4, 0.5) is 13.2 Å². The van der Waals surface area contributed by atoms with Crippen molar-refractivity contribution in [2.45, 2.75) is 39.4 Å². The number of ether oxygens (including phenoxy) is 1. The zero-order chi connectivity index (χ0) is 23.9. The van der Waals surface area contributed by atoms with Crippen LogP contribution in [0.2, 0.25) is 0 Å². The highest BCUT2D eigenvalue weighted by atomic mass is 19.4. The van der Waals surface area contributed by atoms with E-state index >= 15 is 0 Å². The lowest BCUT2D eigenvalue weighted by atomic mass is 10.0. The number of carbonyl (C=O) groups is 2. The number of hydrogen-bond donors (Lipinski definition) is 2. The van der Waals surface area contributed by atoms with Crippen molar-refractivity contribution in [3.8, 4) is 0 Å². The van der Waals surface area contributed by atoms with E-state index in [1.807, 2.05) is 38.1 Å². The maximum atomic E-state index is 12.6. The fourth-order valence-electron chi connectivity index (χ4n) is 3.28. The Hall–Kier alpha value is -2.72. The summed E-state index contributed by atoms with van der Waals surface area (Å²) in [6.45, 7) is 6.30. The fourth-order valence-corrected chi connectivity index (χ4v) is 3.28. The van der Waals surface area contributed by atoms with Crippen molar-refractivity contribution in [2.24, 2.45) is 5.92 Å². The topological polar surface area (TPSA) is 100.0 Å². The normalized spacial score (nSPS) is 13.6. The molecule has 1 fully saturated rings. The molecule has 7 nitrogen and oxygen atoms in total. The Bertz CT molecular complexity index is 945. The number of carboxylic acid groups (broad SMARTS) is 1. The van der Waals surface area contributed by atoms with Gasteiger partial charge >= 0.3 is 18.1 Å². The van der Waals surface area contributed by atoms with Crippen LogP contribution in [-0.2, 0) is 16.1 Å². The molecule has 0 bridgehead atoms. The molecule has 1 heterocycles. The number of pyridine rings is 1. The lowest BCUT2D eigenvalue weighted by molar-refractivity contribution is -0.192. The van der Waals surface area contributed by atoms with Crippen LogP contribution in [0, 0.1) is 12.8 Å². The van der Waals surface area contributed by atoms with E-state index < -0.39 is 12.1 Å². The highest BCUT2D eigenvalue weighted by Gasteiger charge is 2.38. The van der Waals surface area contributed by atoms with Gasteiger partial charge < -0.3 is 14.9 Å². The number of carboxylic acids is 1. The molecule has 3 rings (SSSR count). The number of hydrogen-bond acceptors (Lipinski definition) is 6. The molecule has 1 aromatic carbocycles. The number of para-hydroxylation sites is 1. The van der Waals surface area contributed by atoms with E-state index in [-0.39, 0.29) is 12.6 Å². The molecule has 0 radical (unpaired) electrons. The molecule has 0 amide bonds. The van der Waals surface area contributed by atoms with Crippen molar-refractivity contribution in [3.05, 3.63) is 41.1 Å². The highest BCUT2D eigenvalue weighted by molar-refractivity contribution is 5.98. The molecule has 0 saturated heterocycles. The van der Waals surface area contributed by atoms with Gasteiger partial charge in [-0.25, -0.2) is 9.59 Å². The summed E-state index contributed by atoms with van der Waals surface area (Å²) in [4.78, 5) is 28.4. The van der Waals surface area contributed by atoms with Crippen LogP contribution in [0.5, 0.6) is 0 Å². The summed E-state index contributed by atoms with van der Waals surface area (Å²) in [5.74, 6) is -2.37. The number of fused-ring (bicyclic) bond motifs is 1. The number of aromatic nitrogens is 1. The van der Waals surface area contributed by atoms with E-state index in [4.69, 9.17) is 19.6 Å². The monoisotopic (exact) mass is 456 g/mol. The van der Waals surface area contributed by atoms with Gasteiger partial charge in [0.25, 0.3) is 0 Å². The van der Waals surface area contributed by atoms with Crippen LogP contribution in [0.15, 0.2) is 24.3 Å². The van der Waals surface area contributed by atoms with E-state index in [0.717, 1.165) is 28.7 Å². The molecule has 0 spiro atoms. The van der Waals surface area contributed by atoms with Crippen LogP contribution in [0.1, 0.15) is 41.4 Å². The number of aliphatic hydroxyl groups excluding tert-OH is 1. The van der Waals surface area contributed by atoms with Gasteiger partial charge in [-0.2, -0.15) is 13.2 Å². The van der Waals surface area contributed by atoms with Crippen LogP contribution in [0.25, 0.3) is 10.9 Å². The van der Waals surface area contributed by atoms with E-state index in [1.54, 1.807) is 0 Å². The number of rotatable bonds is 8. The zero-order valence-electron chi connectivity index (χ0n) is 18.0. The maximum absolute atomic E-state index is 12.6. The fraction of sp³-hybridized carbons (Fsp3) is 0.500. The molecule has 32 heavy (non-hydrogen) atoms. The number of carbonyl (C=O) groups excluding carboxylic acids is 1. The number of esters is 1. The van der Waals surface area contributed by atoms with Gasteiger partial charge in [0.05, 0.1) is 30.0 Å². The summed E-state index contributed by atoms with van der Waals surface area (Å²) in [6, 6.07) is 7.87. The smallest absolute Gasteiger partial charge is 0.475 e. The quantitative estimate of drug-likeness (QED) is 0.586. The SMILES string of the molecule is CCOC(=O)c1c(CN(CCO)CC2CC2)nc2ccccc2c1C.O=C(O)C(F)(F)F. The number of aliphatic hydroxyl groups is 1. The Morgan fingerprint density at radius 1 is 1.25 bits per heavy atom. The number of benzene rings is 1. The molecule has 1 saturated carbocycles. The van der Waals surface area contributed by atoms with Gasteiger partial charge in [0, 0.05) is 25.0 Å². The third kappa shape index (κ3) is 7.16. The van der Waals surface area contributed by atoms with Crippen molar-refractivity contribution < 1.29 is 37.7 Å². The van der Waals surface area contributed by atoms with Crippen LogP contribution in [0.3, 0.4) is 0 Å². The first-order valence-electron chi connectivity index (χ1n) is 10.3. The number of halogens is 3. The van der Waals surface area contributed by atoms with Gasteiger partial charge in [-0.3, -0.25) is 9.88 Å². The van der Waals surface area contributed by atoms with Gasteiger partial charge in [-0.15, -0.1) is 0 Å². The van der Waals surface area contributed by atoms with Crippen molar-refractivity contribution in [1.29, 1.82) is 0 Å². The molecule has 1 aliphatic rings. The average Bonchev–Trinajstić information content (AvgIpc) is 3.52. The second-order valence-corrected chi connectivity index (χ2v) is 7.50. The largest absolute Gasteiger partial charge is 0.490 e. The van der Waals surface area contributed by atoms with Crippen molar-refractivity contribution in [3.63, 3.8) is 0 Å². The first-order chi connectivity index (χ1) is 15.1. The Kier molecular flexibility index (Phi) is 8.97. The third-order valence-electron chi connectivity index (χ3n) is 4.95. The Morgan fingerprint density at radius 2 is 1.88 bits per heavy atom. The summed E-state index contributed by atoms with van der Waals surface area (Å²) in [5, 5.41) is 17.5. The summed E-state index contributed by atoms with van der Waals surface area (Å²) < 4.78 is 37.0. The molecular weight excluding hydrogens is 429 g/mol. The minimum atomic E-state index is -5.08. The number of nitrogens with zero attached hydrogens (tertiary/aromatic N) is 2. The van der Waals surface area contributed by atoms with Gasteiger partial charge in [-0.1, -0.05) is 18.2 Å².